The number of fused-ring (bicyclic) bond motifs is 2. The van der Waals surface area contributed by atoms with Crippen molar-refractivity contribution in [3.8, 4) is 17.2 Å². The molecule has 3 aromatic carbocycles. The van der Waals surface area contributed by atoms with Crippen molar-refractivity contribution in [2.45, 2.75) is 0 Å². The van der Waals surface area contributed by atoms with Crippen LogP contribution < -0.4 is 19.6 Å². The van der Waals surface area contributed by atoms with Crippen LogP contribution >= 0.6 is 0 Å². The van der Waals surface area contributed by atoms with E-state index in [1.165, 1.54) is 57.9 Å². The first kappa shape index (κ1) is 23.8. The fraction of sp³-hybridized carbons (Fsp3) is 0.107. The summed E-state index contributed by atoms with van der Waals surface area (Å²) in [6.07, 6.45) is 2.60. The lowest BCUT2D eigenvalue weighted by Crippen LogP contribution is -2.09. The second-order valence-electron chi connectivity index (χ2n) is 8.06. The topological polar surface area (TPSA) is 104 Å². The van der Waals surface area contributed by atoms with E-state index in [-0.39, 0.29) is 45.0 Å². The van der Waals surface area contributed by atoms with E-state index in [0.29, 0.717) is 16.8 Å². The van der Waals surface area contributed by atoms with Gasteiger partial charge in [-0.25, -0.2) is 9.37 Å². The van der Waals surface area contributed by atoms with Crippen LogP contribution in [-0.4, -0.2) is 37.1 Å². The van der Waals surface area contributed by atoms with Gasteiger partial charge in [0.05, 0.1) is 48.9 Å². The van der Waals surface area contributed by atoms with Crippen molar-refractivity contribution in [3.05, 3.63) is 93.9 Å². The number of ketones is 1. The summed E-state index contributed by atoms with van der Waals surface area (Å²) in [6.45, 7) is 0. The zero-order valence-corrected chi connectivity index (χ0v) is 20.1. The van der Waals surface area contributed by atoms with Gasteiger partial charge in [-0.1, -0.05) is 12.1 Å². The Morgan fingerprint density at radius 3 is 2.41 bits per heavy atom. The molecule has 0 fully saturated rings. The number of carbonyl (C=O) groups is 1. The fourth-order valence-electron chi connectivity index (χ4n) is 4.06. The lowest BCUT2D eigenvalue weighted by molar-refractivity contribution is 0.105. The number of benzene rings is 3. The van der Waals surface area contributed by atoms with Gasteiger partial charge in [-0.05, 0) is 48.5 Å². The zero-order valence-electron chi connectivity index (χ0n) is 20.1. The minimum Gasteiger partial charge on any atom is -0.493 e. The Labute approximate surface area is 209 Å². The Morgan fingerprint density at radius 1 is 1.00 bits per heavy atom. The van der Waals surface area contributed by atoms with Crippen molar-refractivity contribution in [2.24, 2.45) is 0 Å². The second kappa shape index (κ2) is 9.62. The molecule has 0 saturated carbocycles. The van der Waals surface area contributed by atoms with E-state index in [1.54, 1.807) is 6.07 Å². The fourth-order valence-corrected chi connectivity index (χ4v) is 4.06. The summed E-state index contributed by atoms with van der Waals surface area (Å²) in [7, 11) is 4.35. The number of hydrogen-bond acceptors (Lipinski definition) is 7. The molecule has 0 amide bonds. The predicted molar refractivity (Wildman–Crippen MR) is 137 cm³/mol. The molecule has 0 saturated heterocycles. The van der Waals surface area contributed by atoms with Crippen molar-refractivity contribution in [1.29, 1.82) is 0 Å². The Hall–Kier alpha value is -4.92. The minimum atomic E-state index is -0.577. The van der Waals surface area contributed by atoms with Crippen LogP contribution in [0, 0.1) is 5.82 Å². The maximum absolute atomic E-state index is 13.9. The smallest absolute Gasteiger partial charge is 0.203 e. The van der Waals surface area contributed by atoms with Gasteiger partial charge in [0.1, 0.15) is 23.5 Å². The van der Waals surface area contributed by atoms with Crippen LogP contribution in [0.1, 0.15) is 21.7 Å². The summed E-state index contributed by atoms with van der Waals surface area (Å²) in [6, 6.07) is 14.0. The highest BCUT2D eigenvalue weighted by Gasteiger charge is 2.23. The Morgan fingerprint density at radius 2 is 1.73 bits per heavy atom. The number of aromatic nitrogens is 2. The van der Waals surface area contributed by atoms with Gasteiger partial charge in [-0.15, -0.1) is 0 Å². The van der Waals surface area contributed by atoms with Crippen LogP contribution in [0.3, 0.4) is 0 Å². The number of imidazole rings is 1. The number of ether oxygens (including phenoxy) is 3. The van der Waals surface area contributed by atoms with E-state index in [9.17, 15) is 14.0 Å². The van der Waals surface area contributed by atoms with Crippen molar-refractivity contribution >= 4 is 39.4 Å². The molecule has 5 aromatic rings. The summed E-state index contributed by atoms with van der Waals surface area (Å²) in [5, 5.41) is 0.0536. The molecule has 2 aromatic heterocycles. The van der Waals surface area contributed by atoms with Crippen LogP contribution in [0.5, 0.6) is 17.2 Å². The molecule has 0 spiro atoms. The quantitative estimate of drug-likeness (QED) is 0.240. The SMILES string of the molecule is COc1cc(C(=O)C(=Cc2coc3ccc(F)cc3c2=O)c2nc3ccccc3[nH]2)cc(OC)c1OC. The highest BCUT2D eigenvalue weighted by atomic mass is 19.1. The van der Waals surface area contributed by atoms with Crippen molar-refractivity contribution < 1.29 is 27.8 Å². The highest BCUT2D eigenvalue weighted by Crippen LogP contribution is 2.39. The highest BCUT2D eigenvalue weighted by molar-refractivity contribution is 6.32. The summed E-state index contributed by atoms with van der Waals surface area (Å²) in [4.78, 5) is 34.8. The van der Waals surface area contributed by atoms with Crippen molar-refractivity contribution in [3.63, 3.8) is 0 Å². The molecule has 8 nitrogen and oxygen atoms in total. The van der Waals surface area contributed by atoms with Gasteiger partial charge < -0.3 is 23.6 Å². The van der Waals surface area contributed by atoms with Crippen LogP contribution in [0.25, 0.3) is 33.7 Å². The normalized spacial score (nSPS) is 11.6. The third-order valence-corrected chi connectivity index (χ3v) is 5.88. The van der Waals surface area contributed by atoms with Crippen LogP contribution in [0.2, 0.25) is 0 Å². The molecule has 0 atom stereocenters. The molecule has 0 aliphatic rings. The third kappa shape index (κ3) is 4.31. The Balaban J connectivity index is 1.73. The maximum Gasteiger partial charge on any atom is 0.203 e. The average molecular weight is 500 g/mol. The zero-order chi connectivity index (χ0) is 26.1. The molecular formula is C28H21FN2O6. The largest absolute Gasteiger partial charge is 0.493 e. The lowest BCUT2D eigenvalue weighted by atomic mass is 9.99. The molecule has 9 heteroatoms. The molecule has 0 aliphatic carbocycles. The first-order valence-electron chi connectivity index (χ1n) is 11.2. The summed E-state index contributed by atoms with van der Waals surface area (Å²) in [5.41, 5.74) is 1.40. The van der Waals surface area contributed by atoms with E-state index in [1.807, 2.05) is 18.2 Å². The standard InChI is InChI=1S/C28H21FN2O6/c1-34-23-11-15(12-24(35-2)27(23)36-3)25(32)19(28-30-20-6-4-5-7-21(20)31-28)10-16-14-37-22-9-8-17(29)13-18(22)26(16)33/h4-14H,1-3H3,(H,30,31). The first-order chi connectivity index (χ1) is 17.9. The second-order valence-corrected chi connectivity index (χ2v) is 8.06. The number of allylic oxidation sites excluding steroid dienone is 1. The van der Waals surface area contributed by atoms with Gasteiger partial charge in [0, 0.05) is 5.56 Å². The van der Waals surface area contributed by atoms with Crippen molar-refractivity contribution in [1.82, 2.24) is 9.97 Å². The van der Waals surface area contributed by atoms with E-state index in [0.717, 1.165) is 6.07 Å². The minimum absolute atomic E-state index is 0.0503. The van der Waals surface area contributed by atoms with Gasteiger partial charge in [0.25, 0.3) is 0 Å². The van der Waals surface area contributed by atoms with Gasteiger partial charge in [0.2, 0.25) is 5.75 Å². The number of para-hydroxylation sites is 2. The monoisotopic (exact) mass is 500 g/mol. The number of nitrogens with zero attached hydrogens (tertiary/aromatic N) is 1. The molecule has 0 unspecified atom stereocenters. The molecule has 186 valence electrons. The number of H-pyrrole nitrogens is 1. The summed E-state index contributed by atoms with van der Waals surface area (Å²) in [5.74, 6) is 0.0837. The average Bonchev–Trinajstić information content (AvgIpc) is 3.35. The van der Waals surface area contributed by atoms with Crippen LogP contribution in [0.15, 0.2) is 70.1 Å². The van der Waals surface area contributed by atoms with E-state index in [2.05, 4.69) is 9.97 Å². The number of halogens is 1. The summed E-state index contributed by atoms with van der Waals surface area (Å²) < 4.78 is 35.6. The Bertz CT molecular complexity index is 1690. The molecule has 0 aliphatic heterocycles. The number of hydrogen-bond donors (Lipinski definition) is 1. The number of nitrogens with one attached hydrogen (secondary N) is 1. The lowest BCUT2D eigenvalue weighted by Gasteiger charge is -2.14. The molecule has 0 radical (unpaired) electrons. The molecule has 1 N–H and O–H groups in total. The molecule has 2 heterocycles. The van der Waals surface area contributed by atoms with Gasteiger partial charge in [0.15, 0.2) is 22.7 Å². The van der Waals surface area contributed by atoms with Gasteiger partial charge in [-0.2, -0.15) is 0 Å². The number of Topliss-reactive ketones (excluding diaryl/α,β-unsaturated/α-hetero) is 1. The van der Waals surface area contributed by atoms with Gasteiger partial charge >= 0.3 is 0 Å². The molecular weight excluding hydrogens is 479 g/mol. The van der Waals surface area contributed by atoms with E-state index in [4.69, 9.17) is 18.6 Å². The van der Waals surface area contributed by atoms with Crippen molar-refractivity contribution in [2.75, 3.05) is 21.3 Å². The van der Waals surface area contributed by atoms with E-state index < -0.39 is 17.0 Å². The molecule has 0 bridgehead atoms. The third-order valence-electron chi connectivity index (χ3n) is 5.88. The van der Waals surface area contributed by atoms with Crippen LogP contribution in [0.4, 0.5) is 4.39 Å². The molecule has 5 rings (SSSR count). The van der Waals surface area contributed by atoms with Gasteiger partial charge in [-0.3, -0.25) is 9.59 Å². The number of rotatable bonds is 7. The van der Waals surface area contributed by atoms with E-state index >= 15 is 0 Å². The maximum atomic E-state index is 13.9. The Kier molecular flexibility index (Phi) is 6.19. The first-order valence-corrected chi connectivity index (χ1v) is 11.2. The summed E-state index contributed by atoms with van der Waals surface area (Å²) >= 11 is 0. The number of methoxy groups -OCH3 is 3. The van der Waals surface area contributed by atoms with Crippen LogP contribution in [-0.2, 0) is 0 Å². The predicted octanol–water partition coefficient (Wildman–Crippen LogP) is 5.26. The molecule has 37 heavy (non-hydrogen) atoms. The number of aromatic amines is 1. The number of carbonyl (C=O) groups excluding carboxylic acids is 1.